The predicted octanol–water partition coefficient (Wildman–Crippen LogP) is -0.482. The van der Waals surface area contributed by atoms with Crippen molar-refractivity contribution < 1.29 is 5.11 Å². The number of likely N-dealkylation sites (N-methyl/N-ethyl adjacent to an activating group) is 2. The van der Waals surface area contributed by atoms with E-state index in [1.165, 1.54) is 0 Å². The zero-order chi connectivity index (χ0) is 7.98. The number of aliphatic hydroxyl groups is 1. The molecule has 0 fully saturated rings. The van der Waals surface area contributed by atoms with Gasteiger partial charge in [0.15, 0.2) is 0 Å². The van der Waals surface area contributed by atoms with Crippen LogP contribution in [0.2, 0.25) is 0 Å². The molecule has 10 heavy (non-hydrogen) atoms. The van der Waals surface area contributed by atoms with Gasteiger partial charge in [-0.05, 0) is 21.0 Å². The summed E-state index contributed by atoms with van der Waals surface area (Å²) in [7, 11) is 3.95. The van der Waals surface area contributed by atoms with Crippen molar-refractivity contribution in [2.45, 2.75) is 13.0 Å². The molecule has 0 aliphatic rings. The van der Waals surface area contributed by atoms with E-state index < -0.39 is 0 Å². The summed E-state index contributed by atoms with van der Waals surface area (Å²) < 4.78 is 0. The summed E-state index contributed by atoms with van der Waals surface area (Å²) in [6.45, 7) is 4.09. The van der Waals surface area contributed by atoms with Crippen molar-refractivity contribution in [1.29, 1.82) is 0 Å². The van der Waals surface area contributed by atoms with Crippen LogP contribution in [0.1, 0.15) is 6.92 Å². The van der Waals surface area contributed by atoms with Crippen LogP contribution in [0.4, 0.5) is 0 Å². The van der Waals surface area contributed by atoms with Gasteiger partial charge in [-0.15, -0.1) is 0 Å². The van der Waals surface area contributed by atoms with Crippen molar-refractivity contribution >= 4 is 0 Å². The number of hydrogen-bond donors (Lipinski definition) is 2. The fraction of sp³-hybridized carbons (Fsp3) is 1.00. The van der Waals surface area contributed by atoms with Crippen LogP contribution in [0.25, 0.3) is 0 Å². The Labute approximate surface area is 63.0 Å². The van der Waals surface area contributed by atoms with E-state index in [2.05, 4.69) is 17.1 Å². The molecule has 3 nitrogen and oxygen atoms in total. The molecule has 0 amide bonds. The quantitative estimate of drug-likeness (QED) is 0.550. The molecule has 0 saturated heterocycles. The van der Waals surface area contributed by atoms with Crippen LogP contribution >= 0.6 is 0 Å². The summed E-state index contributed by atoms with van der Waals surface area (Å²) in [5.74, 6) is 0. The van der Waals surface area contributed by atoms with Crippen LogP contribution in [0.15, 0.2) is 0 Å². The van der Waals surface area contributed by atoms with Crippen molar-refractivity contribution in [2.75, 3.05) is 33.8 Å². The van der Waals surface area contributed by atoms with Gasteiger partial charge >= 0.3 is 0 Å². The Balaban J connectivity index is 3.38. The Morgan fingerprint density at radius 2 is 2.20 bits per heavy atom. The van der Waals surface area contributed by atoms with Crippen molar-refractivity contribution in [1.82, 2.24) is 10.2 Å². The number of nitrogens with one attached hydrogen (secondary N) is 1. The first kappa shape index (κ1) is 9.88. The van der Waals surface area contributed by atoms with Gasteiger partial charge in [0, 0.05) is 19.1 Å². The van der Waals surface area contributed by atoms with Crippen molar-refractivity contribution in [3.8, 4) is 0 Å². The van der Waals surface area contributed by atoms with Crippen LogP contribution in [0, 0.1) is 0 Å². The third-order valence-electron chi connectivity index (χ3n) is 1.70. The van der Waals surface area contributed by atoms with Gasteiger partial charge in [-0.2, -0.15) is 0 Å². The molecule has 0 aliphatic carbocycles. The van der Waals surface area contributed by atoms with E-state index in [4.69, 9.17) is 5.11 Å². The fourth-order valence-corrected chi connectivity index (χ4v) is 0.829. The molecule has 0 aromatic carbocycles. The molecule has 0 rings (SSSR count). The van der Waals surface area contributed by atoms with E-state index in [9.17, 15) is 0 Å². The van der Waals surface area contributed by atoms with Crippen LogP contribution in [0.3, 0.4) is 0 Å². The van der Waals surface area contributed by atoms with Gasteiger partial charge in [0.2, 0.25) is 0 Å². The van der Waals surface area contributed by atoms with Gasteiger partial charge in [0.1, 0.15) is 0 Å². The minimum absolute atomic E-state index is 0.241. The zero-order valence-electron chi connectivity index (χ0n) is 7.09. The highest BCUT2D eigenvalue weighted by atomic mass is 16.3. The van der Waals surface area contributed by atoms with Crippen LogP contribution in [-0.4, -0.2) is 49.8 Å². The van der Waals surface area contributed by atoms with E-state index >= 15 is 0 Å². The first-order chi connectivity index (χ1) is 4.72. The summed E-state index contributed by atoms with van der Waals surface area (Å²) in [4.78, 5) is 2.12. The average Bonchev–Trinajstić information content (AvgIpc) is 1.89. The van der Waals surface area contributed by atoms with E-state index in [0.717, 1.165) is 13.1 Å². The fourth-order valence-electron chi connectivity index (χ4n) is 0.829. The molecular formula is C7H18N2O. The Hall–Kier alpha value is -0.120. The maximum Gasteiger partial charge on any atom is 0.0558 e. The highest BCUT2D eigenvalue weighted by Crippen LogP contribution is 1.91. The highest BCUT2D eigenvalue weighted by molar-refractivity contribution is 4.63. The van der Waals surface area contributed by atoms with Crippen molar-refractivity contribution in [3.63, 3.8) is 0 Å². The Kier molecular flexibility index (Phi) is 5.58. The lowest BCUT2D eigenvalue weighted by atomic mass is 10.3. The van der Waals surface area contributed by atoms with Gasteiger partial charge in [0.25, 0.3) is 0 Å². The molecule has 0 heterocycles. The minimum Gasteiger partial charge on any atom is -0.395 e. The molecule has 0 bridgehead atoms. The SMILES string of the molecule is CNC[C@@H](C)N(C)CCO. The lowest BCUT2D eigenvalue weighted by Gasteiger charge is -2.23. The summed E-state index contributed by atoms with van der Waals surface area (Å²) in [6.07, 6.45) is 0. The molecule has 2 N–H and O–H groups in total. The van der Waals surface area contributed by atoms with Crippen LogP contribution in [-0.2, 0) is 0 Å². The average molecular weight is 146 g/mol. The van der Waals surface area contributed by atoms with Crippen molar-refractivity contribution in [2.24, 2.45) is 0 Å². The third kappa shape index (κ3) is 3.82. The van der Waals surface area contributed by atoms with E-state index in [1.807, 2.05) is 14.1 Å². The molecule has 0 spiro atoms. The number of hydrogen-bond acceptors (Lipinski definition) is 3. The molecule has 0 aliphatic heterocycles. The largest absolute Gasteiger partial charge is 0.395 e. The summed E-state index contributed by atoms with van der Waals surface area (Å²) in [6, 6.07) is 0.497. The van der Waals surface area contributed by atoms with Gasteiger partial charge in [-0.25, -0.2) is 0 Å². The molecule has 62 valence electrons. The molecule has 0 aromatic heterocycles. The van der Waals surface area contributed by atoms with E-state index in [1.54, 1.807) is 0 Å². The Morgan fingerprint density at radius 3 is 2.60 bits per heavy atom. The number of nitrogens with zero attached hydrogens (tertiary/aromatic N) is 1. The van der Waals surface area contributed by atoms with Crippen LogP contribution < -0.4 is 5.32 Å². The first-order valence-corrected chi connectivity index (χ1v) is 3.68. The number of rotatable bonds is 5. The second kappa shape index (κ2) is 5.65. The topological polar surface area (TPSA) is 35.5 Å². The lowest BCUT2D eigenvalue weighted by Crippen LogP contribution is -2.38. The number of aliphatic hydroxyl groups excluding tert-OH is 1. The summed E-state index contributed by atoms with van der Waals surface area (Å²) in [5.41, 5.74) is 0. The summed E-state index contributed by atoms with van der Waals surface area (Å²) >= 11 is 0. The molecule has 3 heteroatoms. The second-order valence-electron chi connectivity index (χ2n) is 2.61. The third-order valence-corrected chi connectivity index (χ3v) is 1.70. The normalized spacial score (nSPS) is 14.1. The van der Waals surface area contributed by atoms with Gasteiger partial charge in [-0.1, -0.05) is 0 Å². The molecule has 0 radical (unpaired) electrons. The monoisotopic (exact) mass is 146 g/mol. The van der Waals surface area contributed by atoms with Crippen LogP contribution in [0.5, 0.6) is 0 Å². The van der Waals surface area contributed by atoms with Gasteiger partial charge < -0.3 is 15.3 Å². The van der Waals surface area contributed by atoms with E-state index in [0.29, 0.717) is 6.04 Å². The predicted molar refractivity (Wildman–Crippen MR) is 43.1 cm³/mol. The van der Waals surface area contributed by atoms with Gasteiger partial charge in [0.05, 0.1) is 6.61 Å². The first-order valence-electron chi connectivity index (χ1n) is 3.68. The molecule has 0 aromatic rings. The maximum atomic E-state index is 8.59. The standard InChI is InChI=1S/C7H18N2O/c1-7(6-8-2)9(3)4-5-10/h7-8,10H,4-6H2,1-3H3/t7-/m1/s1. The molecule has 0 saturated carbocycles. The smallest absolute Gasteiger partial charge is 0.0558 e. The molecule has 1 atom stereocenters. The molecular weight excluding hydrogens is 128 g/mol. The Morgan fingerprint density at radius 1 is 1.60 bits per heavy atom. The lowest BCUT2D eigenvalue weighted by molar-refractivity contribution is 0.187. The zero-order valence-corrected chi connectivity index (χ0v) is 7.09. The minimum atomic E-state index is 0.241. The second-order valence-corrected chi connectivity index (χ2v) is 2.61. The Bertz CT molecular complexity index is 68.0. The maximum absolute atomic E-state index is 8.59. The summed E-state index contributed by atoms with van der Waals surface area (Å²) in [5, 5.41) is 11.7. The highest BCUT2D eigenvalue weighted by Gasteiger charge is 2.05. The van der Waals surface area contributed by atoms with Gasteiger partial charge in [-0.3, -0.25) is 0 Å². The molecule has 0 unspecified atom stereocenters. The van der Waals surface area contributed by atoms with Crippen molar-refractivity contribution in [3.05, 3.63) is 0 Å². The van der Waals surface area contributed by atoms with E-state index in [-0.39, 0.29) is 6.61 Å².